The van der Waals surface area contributed by atoms with E-state index in [9.17, 15) is 9.59 Å². The number of hydrogen-bond acceptors (Lipinski definition) is 5. The molecule has 0 radical (unpaired) electrons. The number of nitrogens with zero attached hydrogens (tertiary/aromatic N) is 3. The van der Waals surface area contributed by atoms with Crippen LogP contribution < -0.4 is 5.32 Å². The molecule has 0 saturated carbocycles. The molecule has 92 valence electrons. The third-order valence-corrected chi connectivity index (χ3v) is 2.68. The van der Waals surface area contributed by atoms with Gasteiger partial charge in [0, 0.05) is 6.04 Å². The van der Waals surface area contributed by atoms with Crippen LogP contribution in [0.4, 0.5) is 0 Å². The molecule has 2 amide bonds. The molecule has 2 N–H and O–H groups in total. The Morgan fingerprint density at radius 2 is 2.35 bits per heavy atom. The van der Waals surface area contributed by atoms with E-state index in [-0.39, 0.29) is 24.3 Å². The van der Waals surface area contributed by atoms with Crippen LogP contribution in [0.15, 0.2) is 6.33 Å². The molecule has 7 nitrogen and oxygen atoms in total. The van der Waals surface area contributed by atoms with Gasteiger partial charge in [-0.25, -0.2) is 4.98 Å². The molecule has 0 bridgehead atoms. The second-order valence-corrected chi connectivity index (χ2v) is 4.27. The number of aromatic nitrogens is 3. The fourth-order valence-electron chi connectivity index (χ4n) is 1.89. The van der Waals surface area contributed by atoms with Gasteiger partial charge >= 0.3 is 0 Å². The number of nitrogens with one attached hydrogen (secondary N) is 2. The van der Waals surface area contributed by atoms with Crippen molar-refractivity contribution in [3.8, 4) is 0 Å². The molecule has 1 saturated heterocycles. The van der Waals surface area contributed by atoms with Crippen molar-refractivity contribution < 1.29 is 9.59 Å². The van der Waals surface area contributed by atoms with Gasteiger partial charge in [0.25, 0.3) is 0 Å². The lowest BCUT2D eigenvalue weighted by molar-refractivity contribution is -0.140. The number of H-pyrrole nitrogens is 1. The highest BCUT2D eigenvalue weighted by Crippen LogP contribution is 2.16. The SMILES string of the molecule is CC(C)N1C(=O)CC(NCc2ncn[nH]2)C1=O. The zero-order valence-corrected chi connectivity index (χ0v) is 9.80. The van der Waals surface area contributed by atoms with Crippen molar-refractivity contribution in [3.05, 3.63) is 12.2 Å². The van der Waals surface area contributed by atoms with E-state index in [0.29, 0.717) is 12.4 Å². The normalized spacial score (nSPS) is 20.6. The average molecular weight is 237 g/mol. The van der Waals surface area contributed by atoms with Crippen LogP contribution in [0.25, 0.3) is 0 Å². The zero-order valence-electron chi connectivity index (χ0n) is 9.80. The fraction of sp³-hybridized carbons (Fsp3) is 0.600. The van der Waals surface area contributed by atoms with Gasteiger partial charge in [-0.3, -0.25) is 24.9 Å². The van der Waals surface area contributed by atoms with Crippen LogP contribution in [0.3, 0.4) is 0 Å². The van der Waals surface area contributed by atoms with E-state index in [0.717, 1.165) is 0 Å². The minimum Gasteiger partial charge on any atom is -0.298 e. The largest absolute Gasteiger partial charge is 0.298 e. The number of carbonyl (C=O) groups is 2. The van der Waals surface area contributed by atoms with Crippen molar-refractivity contribution in [3.63, 3.8) is 0 Å². The first-order valence-electron chi connectivity index (χ1n) is 5.53. The molecule has 0 aliphatic carbocycles. The highest BCUT2D eigenvalue weighted by atomic mass is 16.2. The number of rotatable bonds is 4. The van der Waals surface area contributed by atoms with Crippen LogP contribution in [0.5, 0.6) is 0 Å². The molecule has 1 atom stereocenters. The van der Waals surface area contributed by atoms with Gasteiger partial charge in [-0.05, 0) is 13.8 Å². The maximum absolute atomic E-state index is 11.9. The summed E-state index contributed by atoms with van der Waals surface area (Å²) in [6.07, 6.45) is 1.62. The maximum Gasteiger partial charge on any atom is 0.247 e. The molecule has 17 heavy (non-hydrogen) atoms. The standard InChI is InChI=1S/C10H15N5O2/c1-6(2)15-9(16)3-7(10(15)17)11-4-8-12-5-13-14-8/h5-7,11H,3-4H2,1-2H3,(H,12,13,14). The Labute approximate surface area is 98.6 Å². The first-order chi connectivity index (χ1) is 8.09. The van der Waals surface area contributed by atoms with Crippen molar-refractivity contribution in [1.82, 2.24) is 25.4 Å². The van der Waals surface area contributed by atoms with E-state index in [4.69, 9.17) is 0 Å². The molecule has 1 aromatic rings. The minimum atomic E-state index is -0.449. The molecule has 7 heteroatoms. The molecular formula is C10H15N5O2. The van der Waals surface area contributed by atoms with Crippen LogP contribution in [0.2, 0.25) is 0 Å². The Bertz CT molecular complexity index is 414. The molecule has 1 fully saturated rings. The minimum absolute atomic E-state index is 0.0907. The number of carbonyl (C=O) groups excluding carboxylic acids is 2. The first kappa shape index (κ1) is 11.7. The molecule has 1 aromatic heterocycles. The number of aromatic amines is 1. The summed E-state index contributed by atoms with van der Waals surface area (Å²) >= 11 is 0. The summed E-state index contributed by atoms with van der Waals surface area (Å²) in [7, 11) is 0. The van der Waals surface area contributed by atoms with Crippen molar-refractivity contribution in [1.29, 1.82) is 0 Å². The van der Waals surface area contributed by atoms with Gasteiger partial charge < -0.3 is 0 Å². The second kappa shape index (κ2) is 4.62. The van der Waals surface area contributed by atoms with Crippen LogP contribution in [-0.2, 0) is 16.1 Å². The summed E-state index contributed by atoms with van der Waals surface area (Å²) in [5, 5.41) is 9.40. The third kappa shape index (κ3) is 2.33. The summed E-state index contributed by atoms with van der Waals surface area (Å²) < 4.78 is 0. The van der Waals surface area contributed by atoms with Gasteiger partial charge in [-0.1, -0.05) is 0 Å². The van der Waals surface area contributed by atoms with E-state index in [2.05, 4.69) is 20.5 Å². The van der Waals surface area contributed by atoms with Gasteiger partial charge in [0.2, 0.25) is 11.8 Å². The molecule has 1 aliphatic heterocycles. The molecular weight excluding hydrogens is 222 g/mol. The van der Waals surface area contributed by atoms with Crippen LogP contribution in [-0.4, -0.2) is 44.0 Å². The Balaban J connectivity index is 1.95. The molecule has 2 rings (SSSR count). The third-order valence-electron chi connectivity index (χ3n) is 2.68. The highest BCUT2D eigenvalue weighted by molar-refractivity contribution is 6.05. The predicted molar refractivity (Wildman–Crippen MR) is 58.6 cm³/mol. The van der Waals surface area contributed by atoms with Crippen LogP contribution >= 0.6 is 0 Å². The first-order valence-corrected chi connectivity index (χ1v) is 5.53. The average Bonchev–Trinajstić information content (AvgIpc) is 2.84. The molecule has 1 aliphatic rings. The lowest BCUT2D eigenvalue weighted by Crippen LogP contribution is -2.41. The van der Waals surface area contributed by atoms with Crippen molar-refractivity contribution in [2.45, 2.75) is 38.9 Å². The summed E-state index contributed by atoms with van der Waals surface area (Å²) in [5.41, 5.74) is 0. The zero-order chi connectivity index (χ0) is 12.4. The smallest absolute Gasteiger partial charge is 0.247 e. The molecule has 2 heterocycles. The Hall–Kier alpha value is -1.76. The fourth-order valence-corrected chi connectivity index (χ4v) is 1.89. The van der Waals surface area contributed by atoms with E-state index in [1.165, 1.54) is 11.2 Å². The number of imide groups is 1. The number of amides is 2. The molecule has 0 aromatic carbocycles. The van der Waals surface area contributed by atoms with E-state index < -0.39 is 6.04 Å². The monoisotopic (exact) mass is 237 g/mol. The van der Waals surface area contributed by atoms with Crippen molar-refractivity contribution in [2.75, 3.05) is 0 Å². The van der Waals surface area contributed by atoms with Gasteiger partial charge in [0.05, 0.1) is 19.0 Å². The van der Waals surface area contributed by atoms with E-state index in [1.807, 2.05) is 13.8 Å². The summed E-state index contributed by atoms with van der Waals surface area (Å²) in [4.78, 5) is 28.8. The van der Waals surface area contributed by atoms with E-state index >= 15 is 0 Å². The highest BCUT2D eigenvalue weighted by Gasteiger charge is 2.39. The van der Waals surface area contributed by atoms with Gasteiger partial charge in [-0.2, -0.15) is 5.10 Å². The molecule has 1 unspecified atom stereocenters. The predicted octanol–water partition coefficient (Wildman–Crippen LogP) is -0.570. The quantitative estimate of drug-likeness (QED) is 0.684. The maximum atomic E-state index is 11.9. The lowest BCUT2D eigenvalue weighted by Gasteiger charge is -2.19. The summed E-state index contributed by atoms with van der Waals surface area (Å²) in [5.74, 6) is 0.359. The lowest BCUT2D eigenvalue weighted by atomic mass is 10.2. The Morgan fingerprint density at radius 1 is 1.59 bits per heavy atom. The van der Waals surface area contributed by atoms with Gasteiger partial charge in [0.1, 0.15) is 12.2 Å². The summed E-state index contributed by atoms with van der Waals surface area (Å²) in [6, 6.07) is -0.540. The van der Waals surface area contributed by atoms with Crippen molar-refractivity contribution in [2.24, 2.45) is 0 Å². The molecule has 0 spiro atoms. The number of hydrogen-bond donors (Lipinski definition) is 2. The van der Waals surface area contributed by atoms with Crippen LogP contribution in [0.1, 0.15) is 26.1 Å². The number of likely N-dealkylation sites (tertiary alicyclic amines) is 1. The second-order valence-electron chi connectivity index (χ2n) is 4.27. The summed E-state index contributed by atoms with van der Waals surface area (Å²) in [6.45, 7) is 4.05. The van der Waals surface area contributed by atoms with Crippen LogP contribution in [0, 0.1) is 0 Å². The van der Waals surface area contributed by atoms with Crippen molar-refractivity contribution >= 4 is 11.8 Å². The van der Waals surface area contributed by atoms with Gasteiger partial charge in [-0.15, -0.1) is 0 Å². The van der Waals surface area contributed by atoms with E-state index in [1.54, 1.807) is 0 Å². The Kier molecular flexibility index (Phi) is 3.19. The van der Waals surface area contributed by atoms with Gasteiger partial charge in [0.15, 0.2) is 0 Å². The topological polar surface area (TPSA) is 91.0 Å². The Morgan fingerprint density at radius 3 is 2.88 bits per heavy atom.